The molecule has 0 atom stereocenters. The highest BCUT2D eigenvalue weighted by Gasteiger charge is 2.16. The third-order valence-corrected chi connectivity index (χ3v) is 5.08. The zero-order chi connectivity index (χ0) is 21.8. The molecule has 8 nitrogen and oxygen atoms in total. The highest BCUT2D eigenvalue weighted by molar-refractivity contribution is 6.05. The van der Waals surface area contributed by atoms with Crippen LogP contribution in [-0.2, 0) is 13.0 Å². The van der Waals surface area contributed by atoms with E-state index in [0.29, 0.717) is 23.7 Å². The Balaban J connectivity index is 1.47. The van der Waals surface area contributed by atoms with Gasteiger partial charge >= 0.3 is 0 Å². The minimum absolute atomic E-state index is 0.191. The first-order chi connectivity index (χ1) is 15.1. The van der Waals surface area contributed by atoms with Gasteiger partial charge < -0.3 is 9.47 Å². The van der Waals surface area contributed by atoms with Crippen LogP contribution < -0.4 is 20.5 Å². The molecule has 1 N–H and O–H groups in total. The first-order valence-electron chi connectivity index (χ1n) is 10.3. The number of carbonyl (C=O) groups is 1. The van der Waals surface area contributed by atoms with Gasteiger partial charge in [-0.2, -0.15) is 10.2 Å². The van der Waals surface area contributed by atoms with Gasteiger partial charge in [0.2, 0.25) is 6.79 Å². The molecule has 2 aromatic carbocycles. The Morgan fingerprint density at radius 1 is 1.16 bits per heavy atom. The summed E-state index contributed by atoms with van der Waals surface area (Å²) in [6.07, 6.45) is 2.16. The van der Waals surface area contributed by atoms with Gasteiger partial charge in [-0.15, -0.1) is 0 Å². The standard InChI is InChI=1S/C23H24N4O4/c1-3-12-27-23(29)18-7-5-4-6-17(18)21(26-27)22(28)25-24-15(2)8-9-16-10-11-19-20(13-16)31-14-30-19/h4-7,10-11,13H,3,8-9,12,14H2,1-2H3,(H,25,28)/b24-15+. The van der Waals surface area contributed by atoms with Crippen molar-refractivity contribution < 1.29 is 14.3 Å². The quantitative estimate of drug-likeness (QED) is 0.468. The number of fused-ring (bicyclic) bond motifs is 2. The van der Waals surface area contributed by atoms with Gasteiger partial charge in [-0.25, -0.2) is 10.1 Å². The fourth-order valence-corrected chi connectivity index (χ4v) is 3.44. The van der Waals surface area contributed by atoms with Crippen molar-refractivity contribution in [3.8, 4) is 11.5 Å². The molecule has 0 saturated heterocycles. The van der Waals surface area contributed by atoms with Crippen molar-refractivity contribution in [3.63, 3.8) is 0 Å². The Bertz CT molecular complexity index is 1220. The number of carbonyl (C=O) groups excluding carboxylic acids is 1. The number of hydrogen-bond donors (Lipinski definition) is 1. The highest BCUT2D eigenvalue weighted by Crippen LogP contribution is 2.32. The summed E-state index contributed by atoms with van der Waals surface area (Å²) in [7, 11) is 0. The molecule has 0 spiro atoms. The van der Waals surface area contributed by atoms with Gasteiger partial charge in [0.25, 0.3) is 11.5 Å². The van der Waals surface area contributed by atoms with Crippen LogP contribution in [0.2, 0.25) is 0 Å². The van der Waals surface area contributed by atoms with Crippen LogP contribution in [0.3, 0.4) is 0 Å². The molecule has 31 heavy (non-hydrogen) atoms. The Hall–Kier alpha value is -3.68. The van der Waals surface area contributed by atoms with Crippen molar-refractivity contribution in [1.82, 2.24) is 15.2 Å². The summed E-state index contributed by atoms with van der Waals surface area (Å²) in [5.41, 5.74) is 4.45. The minimum Gasteiger partial charge on any atom is -0.454 e. The molecular weight excluding hydrogens is 396 g/mol. The number of hydrazone groups is 1. The van der Waals surface area contributed by atoms with E-state index in [4.69, 9.17) is 9.47 Å². The van der Waals surface area contributed by atoms with Gasteiger partial charge in [0.05, 0.1) is 5.39 Å². The second kappa shape index (κ2) is 8.99. The van der Waals surface area contributed by atoms with E-state index < -0.39 is 5.91 Å². The van der Waals surface area contributed by atoms with Crippen molar-refractivity contribution in [3.05, 3.63) is 64.1 Å². The molecule has 0 radical (unpaired) electrons. The zero-order valence-corrected chi connectivity index (χ0v) is 17.6. The van der Waals surface area contributed by atoms with Gasteiger partial charge in [0, 0.05) is 17.6 Å². The second-order valence-electron chi connectivity index (χ2n) is 7.40. The van der Waals surface area contributed by atoms with Crippen LogP contribution >= 0.6 is 0 Å². The summed E-state index contributed by atoms with van der Waals surface area (Å²) in [6, 6.07) is 12.8. The number of nitrogens with zero attached hydrogens (tertiary/aromatic N) is 3. The Morgan fingerprint density at radius 3 is 2.74 bits per heavy atom. The van der Waals surface area contributed by atoms with E-state index in [2.05, 4.69) is 15.6 Å². The number of aryl methyl sites for hydroxylation is 2. The van der Waals surface area contributed by atoms with Crippen LogP contribution in [0.4, 0.5) is 0 Å². The summed E-state index contributed by atoms with van der Waals surface area (Å²) < 4.78 is 12.1. The number of ether oxygens (including phenoxy) is 2. The molecule has 0 aliphatic carbocycles. The Labute approximate surface area is 179 Å². The molecular formula is C23H24N4O4. The number of amides is 1. The molecule has 1 aliphatic rings. The summed E-state index contributed by atoms with van der Waals surface area (Å²) in [5.74, 6) is 1.06. The number of aromatic nitrogens is 2. The number of benzene rings is 2. The molecule has 3 aromatic rings. The van der Waals surface area contributed by atoms with Crippen molar-refractivity contribution in [1.29, 1.82) is 0 Å². The predicted octanol–water partition coefficient (Wildman–Crippen LogP) is 3.27. The molecule has 0 saturated carbocycles. The van der Waals surface area contributed by atoms with E-state index in [0.717, 1.165) is 35.6 Å². The lowest BCUT2D eigenvalue weighted by Crippen LogP contribution is -2.29. The van der Waals surface area contributed by atoms with Gasteiger partial charge in [0.15, 0.2) is 17.2 Å². The smallest absolute Gasteiger partial charge is 0.292 e. The van der Waals surface area contributed by atoms with E-state index in [-0.39, 0.29) is 18.0 Å². The van der Waals surface area contributed by atoms with E-state index in [1.807, 2.05) is 32.0 Å². The molecule has 0 unspecified atom stereocenters. The average molecular weight is 420 g/mol. The van der Waals surface area contributed by atoms with E-state index in [1.165, 1.54) is 4.68 Å². The lowest BCUT2D eigenvalue weighted by molar-refractivity contribution is 0.0949. The van der Waals surface area contributed by atoms with Gasteiger partial charge in [-0.3, -0.25) is 9.59 Å². The number of hydrogen-bond acceptors (Lipinski definition) is 6. The monoisotopic (exact) mass is 420 g/mol. The van der Waals surface area contributed by atoms with Crippen LogP contribution in [0.25, 0.3) is 10.8 Å². The van der Waals surface area contributed by atoms with E-state index in [9.17, 15) is 9.59 Å². The number of rotatable bonds is 7. The van der Waals surface area contributed by atoms with Crippen LogP contribution in [0, 0.1) is 0 Å². The van der Waals surface area contributed by atoms with Gasteiger partial charge in [-0.1, -0.05) is 31.2 Å². The Kier molecular flexibility index (Phi) is 5.97. The number of nitrogens with one attached hydrogen (secondary N) is 1. The molecule has 0 bridgehead atoms. The van der Waals surface area contributed by atoms with Crippen molar-refractivity contribution >= 4 is 22.4 Å². The second-order valence-corrected chi connectivity index (χ2v) is 7.40. The first-order valence-corrected chi connectivity index (χ1v) is 10.3. The maximum Gasteiger partial charge on any atom is 0.292 e. The van der Waals surface area contributed by atoms with Crippen molar-refractivity contribution in [2.45, 2.75) is 39.7 Å². The van der Waals surface area contributed by atoms with Gasteiger partial charge in [0.1, 0.15) is 0 Å². The summed E-state index contributed by atoms with van der Waals surface area (Å²) in [4.78, 5) is 25.4. The fraction of sp³-hybridized carbons (Fsp3) is 0.304. The van der Waals surface area contributed by atoms with Crippen LogP contribution in [-0.4, -0.2) is 28.2 Å². The maximum absolute atomic E-state index is 12.8. The summed E-state index contributed by atoms with van der Waals surface area (Å²) in [6.45, 7) is 4.51. The lowest BCUT2D eigenvalue weighted by Gasteiger charge is -2.09. The Morgan fingerprint density at radius 2 is 1.94 bits per heavy atom. The molecule has 1 aromatic heterocycles. The third kappa shape index (κ3) is 4.42. The molecule has 0 fully saturated rings. The minimum atomic E-state index is -0.441. The van der Waals surface area contributed by atoms with Gasteiger partial charge in [-0.05, 0) is 49.9 Å². The lowest BCUT2D eigenvalue weighted by atomic mass is 10.1. The molecule has 1 aliphatic heterocycles. The third-order valence-electron chi connectivity index (χ3n) is 5.08. The maximum atomic E-state index is 12.8. The first kappa shape index (κ1) is 20.6. The zero-order valence-electron chi connectivity index (χ0n) is 17.6. The molecule has 1 amide bonds. The molecule has 4 rings (SSSR count). The largest absolute Gasteiger partial charge is 0.454 e. The topological polar surface area (TPSA) is 94.8 Å². The average Bonchev–Trinajstić information content (AvgIpc) is 3.26. The fourth-order valence-electron chi connectivity index (χ4n) is 3.44. The highest BCUT2D eigenvalue weighted by atomic mass is 16.7. The SMILES string of the molecule is CCCn1nc(C(=O)N/N=C(\C)CCc2ccc3c(c2)OCO3)c2ccccc2c1=O. The van der Waals surface area contributed by atoms with E-state index >= 15 is 0 Å². The van der Waals surface area contributed by atoms with Crippen LogP contribution in [0.15, 0.2) is 52.4 Å². The molecule has 2 heterocycles. The summed E-state index contributed by atoms with van der Waals surface area (Å²) >= 11 is 0. The predicted molar refractivity (Wildman–Crippen MR) is 118 cm³/mol. The normalized spacial score (nSPS) is 12.9. The van der Waals surface area contributed by atoms with Crippen molar-refractivity contribution in [2.75, 3.05) is 6.79 Å². The van der Waals surface area contributed by atoms with E-state index in [1.54, 1.807) is 24.3 Å². The van der Waals surface area contributed by atoms with Crippen molar-refractivity contribution in [2.24, 2.45) is 5.10 Å². The molecule has 160 valence electrons. The summed E-state index contributed by atoms with van der Waals surface area (Å²) in [5, 5.41) is 9.51. The van der Waals surface area contributed by atoms with Crippen LogP contribution in [0.1, 0.15) is 42.7 Å². The van der Waals surface area contributed by atoms with Crippen LogP contribution in [0.5, 0.6) is 11.5 Å². The molecule has 8 heteroatoms.